The van der Waals surface area contributed by atoms with Gasteiger partial charge in [0, 0.05) is 5.56 Å². The quantitative estimate of drug-likeness (QED) is 0.761. The first-order valence-corrected chi connectivity index (χ1v) is 5.61. The summed E-state index contributed by atoms with van der Waals surface area (Å²) >= 11 is 0. The normalized spacial score (nSPS) is 14.7. The minimum atomic E-state index is 0.219. The highest BCUT2D eigenvalue weighted by molar-refractivity contribution is 5.99. The zero-order valence-corrected chi connectivity index (χ0v) is 9.18. The first-order valence-electron chi connectivity index (χ1n) is 5.61. The van der Waals surface area contributed by atoms with Crippen molar-refractivity contribution in [3.63, 3.8) is 0 Å². The molecular weight excluding hydrogens is 186 g/mol. The number of aryl methyl sites for hydroxylation is 1. The van der Waals surface area contributed by atoms with Crippen molar-refractivity contribution < 1.29 is 4.79 Å². The summed E-state index contributed by atoms with van der Waals surface area (Å²) in [5.41, 5.74) is 3.61. The van der Waals surface area contributed by atoms with E-state index in [9.17, 15) is 4.79 Å². The van der Waals surface area contributed by atoms with Gasteiger partial charge in [-0.25, -0.2) is 0 Å². The van der Waals surface area contributed by atoms with Crippen LogP contribution in [0.15, 0.2) is 18.2 Å². The predicted molar refractivity (Wildman–Crippen MR) is 61.3 cm³/mol. The highest BCUT2D eigenvalue weighted by Gasteiger charge is 2.16. The molecule has 1 aromatic carbocycles. The number of Topliss-reactive ketones (excluding diaryl/α,β-unsaturated/α-hetero) is 1. The van der Waals surface area contributed by atoms with Crippen LogP contribution in [0.2, 0.25) is 0 Å². The van der Waals surface area contributed by atoms with Crippen molar-refractivity contribution >= 4 is 5.78 Å². The molecule has 2 nitrogen and oxygen atoms in total. The molecule has 2 heteroatoms. The molecule has 0 unspecified atom stereocenters. The number of ketones is 1. The van der Waals surface area contributed by atoms with E-state index in [-0.39, 0.29) is 5.78 Å². The van der Waals surface area contributed by atoms with Crippen LogP contribution < -0.4 is 5.32 Å². The van der Waals surface area contributed by atoms with E-state index >= 15 is 0 Å². The van der Waals surface area contributed by atoms with Crippen molar-refractivity contribution in [2.75, 3.05) is 13.6 Å². The van der Waals surface area contributed by atoms with Gasteiger partial charge in [0.15, 0.2) is 5.78 Å². The van der Waals surface area contributed by atoms with Gasteiger partial charge in [-0.3, -0.25) is 4.79 Å². The Bertz CT molecular complexity index is 371. The van der Waals surface area contributed by atoms with Crippen LogP contribution in [0.1, 0.15) is 34.3 Å². The number of carbonyl (C=O) groups is 1. The highest BCUT2D eigenvalue weighted by atomic mass is 16.1. The minimum absolute atomic E-state index is 0.219. The second-order valence-corrected chi connectivity index (χ2v) is 4.10. The smallest absolute Gasteiger partial charge is 0.176 e. The molecular formula is C13H17NO. The van der Waals surface area contributed by atoms with Crippen LogP contribution in [-0.4, -0.2) is 19.4 Å². The monoisotopic (exact) mass is 203 g/mol. The third-order valence-electron chi connectivity index (χ3n) is 3.03. The van der Waals surface area contributed by atoms with E-state index in [0.717, 1.165) is 18.4 Å². The molecule has 1 aromatic rings. The van der Waals surface area contributed by atoms with Crippen LogP contribution >= 0.6 is 0 Å². The molecule has 0 fully saturated rings. The Morgan fingerprint density at radius 2 is 2.13 bits per heavy atom. The summed E-state index contributed by atoms with van der Waals surface area (Å²) < 4.78 is 0. The van der Waals surface area contributed by atoms with E-state index in [1.807, 2.05) is 19.2 Å². The standard InChI is InChI=1S/C13H17NO/c1-14-9-13(15)12-8-4-6-10-5-2-3-7-11(10)12/h4,6,8,14H,2-3,5,7,9H2,1H3. The number of carbonyl (C=O) groups excluding carboxylic acids is 1. The van der Waals surface area contributed by atoms with E-state index in [0.29, 0.717) is 6.54 Å². The SMILES string of the molecule is CNCC(=O)c1cccc2c1CCCC2. The Hall–Kier alpha value is -1.15. The van der Waals surface area contributed by atoms with Gasteiger partial charge in [0.2, 0.25) is 0 Å². The molecule has 80 valence electrons. The topological polar surface area (TPSA) is 29.1 Å². The lowest BCUT2D eigenvalue weighted by Crippen LogP contribution is -2.21. The number of rotatable bonds is 3. The zero-order valence-electron chi connectivity index (χ0n) is 9.18. The molecule has 1 N–H and O–H groups in total. The Morgan fingerprint density at radius 1 is 1.33 bits per heavy atom. The van der Waals surface area contributed by atoms with Gasteiger partial charge in [0.05, 0.1) is 6.54 Å². The third-order valence-corrected chi connectivity index (χ3v) is 3.03. The van der Waals surface area contributed by atoms with Gasteiger partial charge >= 0.3 is 0 Å². The van der Waals surface area contributed by atoms with E-state index in [1.165, 1.54) is 24.0 Å². The van der Waals surface area contributed by atoms with Gasteiger partial charge in [-0.2, -0.15) is 0 Å². The van der Waals surface area contributed by atoms with Crippen LogP contribution in [0.5, 0.6) is 0 Å². The van der Waals surface area contributed by atoms with Crippen LogP contribution in [0, 0.1) is 0 Å². The Labute approximate surface area is 90.7 Å². The largest absolute Gasteiger partial charge is 0.313 e. The molecule has 0 heterocycles. The Kier molecular flexibility index (Phi) is 3.17. The molecule has 0 bridgehead atoms. The summed E-state index contributed by atoms with van der Waals surface area (Å²) in [7, 11) is 1.81. The maximum absolute atomic E-state index is 11.9. The fourth-order valence-corrected chi connectivity index (χ4v) is 2.30. The fourth-order valence-electron chi connectivity index (χ4n) is 2.30. The molecule has 1 aliphatic rings. The summed E-state index contributed by atoms with van der Waals surface area (Å²) in [4.78, 5) is 11.9. The summed E-state index contributed by atoms with van der Waals surface area (Å²) in [6.07, 6.45) is 4.69. The molecule has 2 rings (SSSR count). The minimum Gasteiger partial charge on any atom is -0.313 e. The summed E-state index contributed by atoms with van der Waals surface area (Å²) in [5.74, 6) is 0.219. The number of fused-ring (bicyclic) bond motifs is 1. The molecule has 0 radical (unpaired) electrons. The van der Waals surface area contributed by atoms with Crippen molar-refractivity contribution in [3.05, 3.63) is 34.9 Å². The van der Waals surface area contributed by atoms with Crippen LogP contribution in [0.4, 0.5) is 0 Å². The van der Waals surface area contributed by atoms with E-state index < -0.39 is 0 Å². The third kappa shape index (κ3) is 2.10. The van der Waals surface area contributed by atoms with E-state index in [2.05, 4.69) is 11.4 Å². The number of benzene rings is 1. The van der Waals surface area contributed by atoms with Crippen molar-refractivity contribution in [1.82, 2.24) is 5.32 Å². The number of nitrogens with one attached hydrogen (secondary N) is 1. The predicted octanol–water partition coefficient (Wildman–Crippen LogP) is 1.97. The van der Waals surface area contributed by atoms with Crippen LogP contribution in [-0.2, 0) is 12.8 Å². The van der Waals surface area contributed by atoms with E-state index in [1.54, 1.807) is 0 Å². The maximum Gasteiger partial charge on any atom is 0.176 e. The summed E-state index contributed by atoms with van der Waals surface area (Å²) in [6.45, 7) is 0.441. The number of likely N-dealkylation sites (N-methyl/N-ethyl adjacent to an activating group) is 1. The zero-order chi connectivity index (χ0) is 10.7. The average Bonchev–Trinajstić information content (AvgIpc) is 2.28. The van der Waals surface area contributed by atoms with Gasteiger partial charge in [-0.15, -0.1) is 0 Å². The molecule has 0 aliphatic heterocycles. The second-order valence-electron chi connectivity index (χ2n) is 4.10. The molecule has 1 aliphatic carbocycles. The van der Waals surface area contributed by atoms with Crippen molar-refractivity contribution in [3.8, 4) is 0 Å². The van der Waals surface area contributed by atoms with Crippen LogP contribution in [0.3, 0.4) is 0 Å². The molecule has 0 saturated heterocycles. The molecule has 0 aromatic heterocycles. The lowest BCUT2D eigenvalue weighted by Gasteiger charge is -2.18. The van der Waals surface area contributed by atoms with Gasteiger partial charge in [0.1, 0.15) is 0 Å². The second kappa shape index (κ2) is 4.58. The van der Waals surface area contributed by atoms with Gasteiger partial charge < -0.3 is 5.32 Å². The lowest BCUT2D eigenvalue weighted by atomic mass is 9.87. The van der Waals surface area contributed by atoms with Gasteiger partial charge in [-0.05, 0) is 43.9 Å². The Balaban J connectivity index is 2.34. The molecule has 0 saturated carbocycles. The first-order chi connectivity index (χ1) is 7.33. The number of hydrogen-bond acceptors (Lipinski definition) is 2. The molecule has 0 amide bonds. The van der Waals surface area contributed by atoms with Crippen molar-refractivity contribution in [2.24, 2.45) is 0 Å². The summed E-state index contributed by atoms with van der Waals surface area (Å²) in [6, 6.07) is 6.13. The van der Waals surface area contributed by atoms with Crippen molar-refractivity contribution in [1.29, 1.82) is 0 Å². The van der Waals surface area contributed by atoms with Gasteiger partial charge in [0.25, 0.3) is 0 Å². The Morgan fingerprint density at radius 3 is 2.93 bits per heavy atom. The summed E-state index contributed by atoms with van der Waals surface area (Å²) in [5, 5.41) is 2.92. The number of hydrogen-bond donors (Lipinski definition) is 1. The van der Waals surface area contributed by atoms with Crippen molar-refractivity contribution in [2.45, 2.75) is 25.7 Å². The van der Waals surface area contributed by atoms with Crippen LogP contribution in [0.25, 0.3) is 0 Å². The lowest BCUT2D eigenvalue weighted by molar-refractivity contribution is 0.0992. The van der Waals surface area contributed by atoms with E-state index in [4.69, 9.17) is 0 Å². The van der Waals surface area contributed by atoms with Gasteiger partial charge in [-0.1, -0.05) is 18.2 Å². The maximum atomic E-state index is 11.9. The highest BCUT2D eigenvalue weighted by Crippen LogP contribution is 2.24. The molecule has 15 heavy (non-hydrogen) atoms. The molecule has 0 spiro atoms. The average molecular weight is 203 g/mol. The molecule has 0 atom stereocenters. The fraction of sp³-hybridized carbons (Fsp3) is 0.462. The first kappa shape index (κ1) is 10.4.